The van der Waals surface area contributed by atoms with Crippen LogP contribution in [0, 0.1) is 22.7 Å². The Bertz CT molecular complexity index is 2080. The average molecular weight is 729 g/mol. The molecule has 2 N–H and O–H groups in total. The summed E-state index contributed by atoms with van der Waals surface area (Å²) in [6, 6.07) is 16.0. The molecule has 4 aromatic rings. The number of hydrogen-bond acceptors (Lipinski definition) is 9. The number of nitriles is 1. The molecule has 1 aliphatic carbocycles. The van der Waals surface area contributed by atoms with Gasteiger partial charge in [-0.3, -0.25) is 29.4 Å². The fraction of sp³-hybridized carbons (Fsp3) is 0.476. The van der Waals surface area contributed by atoms with E-state index in [1.165, 1.54) is 82.3 Å². The summed E-state index contributed by atoms with van der Waals surface area (Å²) >= 11 is 0. The summed E-state index contributed by atoms with van der Waals surface area (Å²) in [5.74, 6) is 0.285. The van der Waals surface area contributed by atoms with Crippen LogP contribution in [0.4, 0.5) is 11.4 Å². The van der Waals surface area contributed by atoms with Gasteiger partial charge in [0.1, 0.15) is 11.8 Å². The number of benzene rings is 2. The number of imide groups is 1. The van der Waals surface area contributed by atoms with E-state index in [4.69, 9.17) is 9.84 Å². The van der Waals surface area contributed by atoms with E-state index in [9.17, 15) is 19.6 Å². The van der Waals surface area contributed by atoms with Crippen molar-refractivity contribution in [3.8, 4) is 11.8 Å². The first-order valence-corrected chi connectivity index (χ1v) is 19.4. The van der Waals surface area contributed by atoms with Crippen molar-refractivity contribution in [1.29, 1.82) is 5.26 Å². The number of methoxy groups -OCH3 is 1. The van der Waals surface area contributed by atoms with Gasteiger partial charge < -0.3 is 19.9 Å². The first kappa shape index (κ1) is 35.7. The molecule has 1 unspecified atom stereocenters. The molecule has 1 atom stereocenters. The normalized spacial score (nSPS) is 23.2. The monoisotopic (exact) mass is 728 g/mol. The van der Waals surface area contributed by atoms with Gasteiger partial charge in [-0.25, -0.2) is 0 Å². The number of hydrogen-bond donors (Lipinski definition) is 2. The highest BCUT2D eigenvalue weighted by Crippen LogP contribution is 2.43. The highest BCUT2D eigenvalue weighted by molar-refractivity contribution is 6.06. The van der Waals surface area contributed by atoms with Crippen molar-refractivity contribution >= 4 is 40.0 Å². The van der Waals surface area contributed by atoms with Crippen molar-refractivity contribution < 1.29 is 19.1 Å². The maximum absolute atomic E-state index is 13.0. The lowest BCUT2D eigenvalue weighted by Crippen LogP contribution is -2.48. The number of ether oxygens (including phenoxy) is 1. The molecule has 3 aliphatic heterocycles. The summed E-state index contributed by atoms with van der Waals surface area (Å²) in [5, 5.41) is 20.5. The van der Waals surface area contributed by atoms with Crippen LogP contribution in [0.15, 0.2) is 61.1 Å². The van der Waals surface area contributed by atoms with Gasteiger partial charge in [0.15, 0.2) is 0 Å². The van der Waals surface area contributed by atoms with Crippen molar-refractivity contribution in [3.05, 3.63) is 77.7 Å². The molecular formula is C42H48N8O4. The van der Waals surface area contributed by atoms with Crippen LogP contribution in [-0.4, -0.2) is 77.2 Å². The predicted molar refractivity (Wildman–Crippen MR) is 205 cm³/mol. The molecule has 1 spiro atoms. The summed E-state index contributed by atoms with van der Waals surface area (Å²) in [6.07, 6.45) is 15.5. The molecule has 280 valence electrons. The Morgan fingerprint density at radius 3 is 2.52 bits per heavy atom. The Labute approximate surface area is 315 Å². The fourth-order valence-corrected chi connectivity index (χ4v) is 9.20. The van der Waals surface area contributed by atoms with E-state index in [1.807, 2.05) is 24.3 Å². The zero-order valence-corrected chi connectivity index (χ0v) is 30.9. The number of carbonyl (C=O) groups is 3. The largest absolute Gasteiger partial charge is 0.494 e. The third-order valence-corrected chi connectivity index (χ3v) is 12.5. The van der Waals surface area contributed by atoms with Crippen molar-refractivity contribution in [1.82, 2.24) is 25.0 Å². The van der Waals surface area contributed by atoms with E-state index in [0.29, 0.717) is 52.8 Å². The number of likely N-dealkylation sites (tertiary alicyclic amines) is 1. The van der Waals surface area contributed by atoms with Crippen molar-refractivity contribution in [2.45, 2.75) is 76.2 Å². The number of carbonyl (C=O) groups excluding carboxylic acids is 3. The van der Waals surface area contributed by atoms with Crippen molar-refractivity contribution in [2.75, 3.05) is 50.1 Å². The van der Waals surface area contributed by atoms with E-state index in [0.717, 1.165) is 42.4 Å². The second-order valence-corrected chi connectivity index (χ2v) is 15.8. The summed E-state index contributed by atoms with van der Waals surface area (Å²) in [4.78, 5) is 46.3. The van der Waals surface area contributed by atoms with Gasteiger partial charge in [0.05, 0.1) is 41.4 Å². The number of fused-ring (bicyclic) bond motifs is 1. The highest BCUT2D eigenvalue weighted by Gasteiger charge is 2.38. The Morgan fingerprint density at radius 2 is 1.78 bits per heavy atom. The average Bonchev–Trinajstić information content (AvgIpc) is 3.62. The lowest BCUT2D eigenvalue weighted by Gasteiger charge is -2.48. The second kappa shape index (κ2) is 15.2. The standard InChI is InChI=1S/C42H48N8O4/c1-54-38-22-36-32(21-37(38)45-40(52)31-19-29(23-43)24-44-25-31)27-50(47-36)33-7-5-28(6-8-33)26-48-15-11-42(12-16-48)13-17-49(18-14-42)34-4-2-3-30(20-34)35-9-10-39(51)46-41(35)53/h2-4,19-22,24-25,27-28,33,35H,5-18,26H2,1H3,(H,45,52)(H,46,51,53). The highest BCUT2D eigenvalue weighted by atomic mass is 16.5. The first-order valence-electron chi connectivity index (χ1n) is 19.4. The van der Waals surface area contributed by atoms with Crippen LogP contribution in [0.25, 0.3) is 10.9 Å². The SMILES string of the molecule is COc1cc2nn(C3CCC(CN4CCC5(CC4)CCN(c4cccc(C6CCC(=O)NC6=O)c4)CC5)CC3)cc2cc1NC(=O)c1cncc(C#N)c1. The summed E-state index contributed by atoms with van der Waals surface area (Å²) in [7, 11) is 1.58. The van der Waals surface area contributed by atoms with E-state index in [-0.39, 0.29) is 23.6 Å². The summed E-state index contributed by atoms with van der Waals surface area (Å²) in [5.41, 5.74) is 4.64. The number of aromatic nitrogens is 3. The molecule has 0 radical (unpaired) electrons. The molecule has 4 fully saturated rings. The summed E-state index contributed by atoms with van der Waals surface area (Å²) in [6.45, 7) is 5.62. The zero-order chi connectivity index (χ0) is 37.2. The molecule has 3 saturated heterocycles. The number of piperidine rings is 3. The third kappa shape index (κ3) is 7.55. The van der Waals surface area contributed by atoms with E-state index >= 15 is 0 Å². The molecule has 2 aromatic carbocycles. The molecule has 4 aliphatic rings. The number of pyridine rings is 1. The minimum atomic E-state index is -0.358. The zero-order valence-electron chi connectivity index (χ0n) is 30.9. The minimum absolute atomic E-state index is 0.171. The lowest BCUT2D eigenvalue weighted by molar-refractivity contribution is -0.134. The quantitative estimate of drug-likeness (QED) is 0.203. The predicted octanol–water partition coefficient (Wildman–Crippen LogP) is 6.20. The molecule has 8 rings (SSSR count). The number of nitrogens with one attached hydrogen (secondary N) is 2. The van der Waals surface area contributed by atoms with Gasteiger partial charge >= 0.3 is 0 Å². The second-order valence-electron chi connectivity index (χ2n) is 15.8. The van der Waals surface area contributed by atoms with Gasteiger partial charge in [0, 0.05) is 61.8 Å². The van der Waals surface area contributed by atoms with Crippen LogP contribution >= 0.6 is 0 Å². The third-order valence-electron chi connectivity index (χ3n) is 12.5. The molecule has 3 amide bonds. The molecule has 0 bridgehead atoms. The Kier molecular flexibility index (Phi) is 10.1. The Morgan fingerprint density at radius 1 is 1.00 bits per heavy atom. The maximum Gasteiger partial charge on any atom is 0.257 e. The van der Waals surface area contributed by atoms with Crippen molar-refractivity contribution in [2.24, 2.45) is 11.3 Å². The van der Waals surface area contributed by atoms with E-state index in [2.05, 4.69) is 54.5 Å². The van der Waals surface area contributed by atoms with Crippen LogP contribution < -0.4 is 20.3 Å². The van der Waals surface area contributed by atoms with Crippen LogP contribution in [-0.2, 0) is 9.59 Å². The van der Waals surface area contributed by atoms with Crippen LogP contribution in [0.5, 0.6) is 5.75 Å². The Balaban J connectivity index is 0.809. The van der Waals surface area contributed by atoms with Gasteiger partial charge in [-0.05, 0) is 112 Å². The molecule has 5 heterocycles. The van der Waals surface area contributed by atoms with Gasteiger partial charge in [-0.2, -0.15) is 10.4 Å². The van der Waals surface area contributed by atoms with Crippen LogP contribution in [0.1, 0.15) is 97.7 Å². The minimum Gasteiger partial charge on any atom is -0.494 e. The number of anilines is 2. The molecule has 2 aromatic heterocycles. The van der Waals surface area contributed by atoms with E-state index in [1.54, 1.807) is 7.11 Å². The number of nitrogens with zero attached hydrogens (tertiary/aromatic N) is 6. The van der Waals surface area contributed by atoms with Crippen LogP contribution in [0.3, 0.4) is 0 Å². The molecule has 12 nitrogen and oxygen atoms in total. The van der Waals surface area contributed by atoms with E-state index < -0.39 is 0 Å². The van der Waals surface area contributed by atoms with Gasteiger partial charge in [-0.15, -0.1) is 0 Å². The molecular weight excluding hydrogens is 681 g/mol. The smallest absolute Gasteiger partial charge is 0.257 e. The van der Waals surface area contributed by atoms with Crippen molar-refractivity contribution in [3.63, 3.8) is 0 Å². The number of rotatable bonds is 8. The molecule has 54 heavy (non-hydrogen) atoms. The van der Waals surface area contributed by atoms with Gasteiger partial charge in [0.25, 0.3) is 5.91 Å². The lowest BCUT2D eigenvalue weighted by atomic mass is 9.71. The topological polar surface area (TPSA) is 145 Å². The molecule has 12 heteroatoms. The maximum atomic E-state index is 13.0. The Hall–Kier alpha value is -5.28. The van der Waals surface area contributed by atoms with Crippen LogP contribution in [0.2, 0.25) is 0 Å². The molecule has 1 saturated carbocycles. The van der Waals surface area contributed by atoms with Gasteiger partial charge in [0.2, 0.25) is 11.8 Å². The fourth-order valence-electron chi connectivity index (χ4n) is 9.20. The summed E-state index contributed by atoms with van der Waals surface area (Å²) < 4.78 is 7.71. The van der Waals surface area contributed by atoms with Gasteiger partial charge in [-0.1, -0.05) is 12.1 Å². The number of amides is 3. The first-order chi connectivity index (χ1) is 26.3.